The number of primary amides is 1. The van der Waals surface area contributed by atoms with E-state index in [1.54, 1.807) is 26.0 Å². The molecule has 0 saturated carbocycles. The number of nitrogens with one attached hydrogen (secondary N) is 1. The quantitative estimate of drug-likeness (QED) is 0.644. The van der Waals surface area contributed by atoms with Crippen LogP contribution in [0.3, 0.4) is 0 Å². The molecule has 5 nitrogen and oxygen atoms in total. The number of carbonyl (C=O) groups is 1. The van der Waals surface area contributed by atoms with Gasteiger partial charge in [-0.1, -0.05) is 17.5 Å². The molecular weight excluding hydrogens is 268 g/mol. The number of anilines is 1. The van der Waals surface area contributed by atoms with Crippen LogP contribution in [0.2, 0.25) is 5.02 Å². The van der Waals surface area contributed by atoms with Gasteiger partial charge in [0.15, 0.2) is 6.79 Å². The molecule has 1 aromatic rings. The maximum atomic E-state index is 10.7. The van der Waals surface area contributed by atoms with Crippen molar-refractivity contribution in [2.24, 2.45) is 5.73 Å². The Hall–Kier alpha value is -1.90. The van der Waals surface area contributed by atoms with Gasteiger partial charge in [0.05, 0.1) is 5.02 Å². The van der Waals surface area contributed by atoms with Gasteiger partial charge in [0.1, 0.15) is 11.4 Å². The summed E-state index contributed by atoms with van der Waals surface area (Å²) in [6.45, 7) is 3.47. The van der Waals surface area contributed by atoms with Crippen LogP contribution in [-0.2, 0) is 4.74 Å². The molecule has 0 aromatic heterocycles. The first-order chi connectivity index (χ1) is 8.84. The standard InChI is InChI=1S/C13H15ClN2O3/c1-4-13(2,3)19-8-18-11-6-5-9(7-10(11)14)16-12(15)17/h1,5-7H,8H2,2-3H3,(H3,15,16,17). The summed E-state index contributed by atoms with van der Waals surface area (Å²) in [4.78, 5) is 10.7. The number of nitrogens with two attached hydrogens (primary N) is 1. The van der Waals surface area contributed by atoms with Gasteiger partial charge in [-0.05, 0) is 32.0 Å². The first-order valence-electron chi connectivity index (χ1n) is 5.44. The molecule has 19 heavy (non-hydrogen) atoms. The molecule has 0 bridgehead atoms. The van der Waals surface area contributed by atoms with Gasteiger partial charge in [0.2, 0.25) is 0 Å². The topological polar surface area (TPSA) is 73.6 Å². The zero-order chi connectivity index (χ0) is 14.5. The minimum absolute atomic E-state index is 0.0283. The van der Waals surface area contributed by atoms with Crippen molar-refractivity contribution in [2.45, 2.75) is 19.4 Å². The van der Waals surface area contributed by atoms with Gasteiger partial charge in [-0.25, -0.2) is 4.79 Å². The lowest BCUT2D eigenvalue weighted by Crippen LogP contribution is -2.24. The van der Waals surface area contributed by atoms with Crippen molar-refractivity contribution in [1.29, 1.82) is 0 Å². The highest BCUT2D eigenvalue weighted by molar-refractivity contribution is 6.32. The average molecular weight is 283 g/mol. The van der Waals surface area contributed by atoms with Gasteiger partial charge in [0.25, 0.3) is 0 Å². The molecule has 0 saturated heterocycles. The van der Waals surface area contributed by atoms with E-state index in [0.29, 0.717) is 16.5 Å². The summed E-state index contributed by atoms with van der Waals surface area (Å²) in [7, 11) is 0. The fraction of sp³-hybridized carbons (Fsp3) is 0.308. The number of halogens is 1. The van der Waals surface area contributed by atoms with Gasteiger partial charge in [-0.2, -0.15) is 0 Å². The van der Waals surface area contributed by atoms with Crippen LogP contribution in [0.1, 0.15) is 13.8 Å². The molecule has 0 aliphatic rings. The Morgan fingerprint density at radius 1 is 1.58 bits per heavy atom. The lowest BCUT2D eigenvalue weighted by atomic mass is 10.2. The highest BCUT2D eigenvalue weighted by Gasteiger charge is 2.14. The zero-order valence-corrected chi connectivity index (χ0v) is 11.5. The predicted molar refractivity (Wildman–Crippen MR) is 74.2 cm³/mol. The summed E-state index contributed by atoms with van der Waals surface area (Å²) in [6, 6.07) is 4.07. The number of hydrogen-bond donors (Lipinski definition) is 2. The third-order valence-electron chi connectivity index (χ3n) is 2.18. The normalized spacial score (nSPS) is 10.6. The second-order valence-corrected chi connectivity index (χ2v) is 4.60. The molecule has 102 valence electrons. The van der Waals surface area contributed by atoms with Gasteiger partial charge in [-0.3, -0.25) is 0 Å². The molecule has 3 N–H and O–H groups in total. The molecule has 0 aliphatic carbocycles. The number of benzene rings is 1. The van der Waals surface area contributed by atoms with Crippen LogP contribution >= 0.6 is 11.6 Å². The summed E-state index contributed by atoms with van der Waals surface area (Å²) in [5.41, 5.74) is 4.77. The maximum Gasteiger partial charge on any atom is 0.316 e. The molecule has 0 aliphatic heterocycles. The van der Waals surface area contributed by atoms with Gasteiger partial charge >= 0.3 is 6.03 Å². The molecule has 0 heterocycles. The van der Waals surface area contributed by atoms with Crippen molar-refractivity contribution in [3.05, 3.63) is 23.2 Å². The number of amides is 2. The summed E-state index contributed by atoms with van der Waals surface area (Å²) in [5.74, 6) is 2.90. The number of urea groups is 1. The summed E-state index contributed by atoms with van der Waals surface area (Å²) < 4.78 is 10.7. The van der Waals surface area contributed by atoms with Crippen LogP contribution in [-0.4, -0.2) is 18.4 Å². The molecule has 0 radical (unpaired) electrons. The van der Waals surface area contributed by atoms with E-state index in [0.717, 1.165) is 0 Å². The Kier molecular flexibility index (Phi) is 5.04. The smallest absolute Gasteiger partial charge is 0.316 e. The van der Waals surface area contributed by atoms with Gasteiger partial charge in [0, 0.05) is 5.69 Å². The molecule has 2 amide bonds. The first-order valence-corrected chi connectivity index (χ1v) is 5.82. The van der Waals surface area contributed by atoms with Gasteiger partial charge < -0.3 is 20.5 Å². The minimum atomic E-state index is -0.708. The van der Waals surface area contributed by atoms with E-state index in [2.05, 4.69) is 11.2 Å². The van der Waals surface area contributed by atoms with Gasteiger partial charge in [-0.15, -0.1) is 6.42 Å². The molecule has 1 rings (SSSR count). The molecule has 0 fully saturated rings. The van der Waals surface area contributed by atoms with Crippen molar-refractivity contribution >= 4 is 23.3 Å². The summed E-state index contributed by atoms with van der Waals surface area (Å²) >= 11 is 5.98. The SMILES string of the molecule is C#CC(C)(C)OCOc1ccc(NC(N)=O)cc1Cl. The first kappa shape index (κ1) is 15.2. The number of hydrogen-bond acceptors (Lipinski definition) is 3. The summed E-state index contributed by atoms with van der Waals surface area (Å²) in [6.07, 6.45) is 5.27. The van der Waals surface area contributed by atoms with E-state index in [1.807, 2.05) is 0 Å². The van der Waals surface area contributed by atoms with E-state index in [-0.39, 0.29) is 6.79 Å². The Labute approximate surface area is 117 Å². The predicted octanol–water partition coefficient (Wildman–Crippen LogP) is 2.60. The minimum Gasteiger partial charge on any atom is -0.466 e. The molecule has 0 atom stereocenters. The molecule has 0 spiro atoms. The molecule has 1 aromatic carbocycles. The third-order valence-corrected chi connectivity index (χ3v) is 2.48. The van der Waals surface area contributed by atoms with Crippen LogP contribution in [0.5, 0.6) is 5.75 Å². The highest BCUT2D eigenvalue weighted by Crippen LogP contribution is 2.27. The number of terminal acetylenes is 1. The number of ether oxygens (including phenoxy) is 2. The Morgan fingerprint density at radius 2 is 2.26 bits per heavy atom. The largest absolute Gasteiger partial charge is 0.466 e. The lowest BCUT2D eigenvalue weighted by Gasteiger charge is -2.19. The van der Waals surface area contributed by atoms with Crippen LogP contribution in [0.25, 0.3) is 0 Å². The van der Waals surface area contributed by atoms with Crippen molar-refractivity contribution in [1.82, 2.24) is 0 Å². The van der Waals surface area contributed by atoms with Crippen LogP contribution < -0.4 is 15.8 Å². The Bertz CT molecular complexity index is 509. The van der Waals surface area contributed by atoms with Crippen molar-refractivity contribution in [3.63, 3.8) is 0 Å². The van der Waals surface area contributed by atoms with E-state index < -0.39 is 11.6 Å². The fourth-order valence-corrected chi connectivity index (χ4v) is 1.35. The van der Waals surface area contributed by atoms with E-state index in [1.165, 1.54) is 6.07 Å². The highest BCUT2D eigenvalue weighted by atomic mass is 35.5. The van der Waals surface area contributed by atoms with Crippen molar-refractivity contribution in [3.8, 4) is 18.1 Å². The van der Waals surface area contributed by atoms with Crippen LogP contribution in [0, 0.1) is 12.3 Å². The fourth-order valence-electron chi connectivity index (χ4n) is 1.12. The number of carbonyl (C=O) groups excluding carboxylic acids is 1. The maximum absolute atomic E-state index is 10.7. The second-order valence-electron chi connectivity index (χ2n) is 4.20. The van der Waals surface area contributed by atoms with E-state index in [9.17, 15) is 4.79 Å². The van der Waals surface area contributed by atoms with Crippen molar-refractivity contribution < 1.29 is 14.3 Å². The van der Waals surface area contributed by atoms with Crippen molar-refractivity contribution in [2.75, 3.05) is 12.1 Å². The number of rotatable bonds is 5. The zero-order valence-electron chi connectivity index (χ0n) is 10.7. The monoisotopic (exact) mass is 282 g/mol. The van der Waals surface area contributed by atoms with Crippen LogP contribution in [0.4, 0.5) is 10.5 Å². The van der Waals surface area contributed by atoms with E-state index in [4.69, 9.17) is 33.2 Å². The molecular formula is C13H15ClN2O3. The summed E-state index contributed by atoms with van der Waals surface area (Å²) in [5, 5.41) is 2.73. The Morgan fingerprint density at radius 3 is 2.79 bits per heavy atom. The van der Waals surface area contributed by atoms with Crippen LogP contribution in [0.15, 0.2) is 18.2 Å². The Balaban J connectivity index is 2.61. The van der Waals surface area contributed by atoms with E-state index >= 15 is 0 Å². The third kappa shape index (κ3) is 5.08. The molecule has 0 unspecified atom stereocenters. The second kappa shape index (κ2) is 6.32. The average Bonchev–Trinajstić information content (AvgIpc) is 2.31. The molecule has 6 heteroatoms. The lowest BCUT2D eigenvalue weighted by molar-refractivity contribution is -0.0550.